The van der Waals surface area contributed by atoms with E-state index in [-0.39, 0.29) is 0 Å². The molecule has 0 bridgehead atoms. The molecule has 2 aromatic rings. The maximum Gasteiger partial charge on any atom is 0.0346 e. The number of anilines is 1. The number of nitrogen functional groups attached to an aromatic ring is 1. The van der Waals surface area contributed by atoms with Gasteiger partial charge in [-0.2, -0.15) is 0 Å². The molecule has 0 amide bonds. The highest BCUT2D eigenvalue weighted by atomic mass is 14.5. The normalized spacial score (nSPS) is 8.85. The first-order chi connectivity index (χ1) is 9.67. The molecule has 0 atom stereocenters. The number of hydrogen-bond acceptors (Lipinski definition) is 1. The Labute approximate surface area is 124 Å². The number of hydrogen-bond donors (Lipinski definition) is 1. The zero-order chi connectivity index (χ0) is 15.4. The second-order valence-corrected chi connectivity index (χ2v) is 4.39. The van der Waals surface area contributed by atoms with E-state index in [2.05, 4.69) is 51.1 Å². The van der Waals surface area contributed by atoms with E-state index in [1.54, 1.807) is 0 Å². The summed E-state index contributed by atoms with van der Waals surface area (Å²) >= 11 is 0. The summed E-state index contributed by atoms with van der Waals surface area (Å²) < 4.78 is 0. The van der Waals surface area contributed by atoms with E-state index in [1.165, 1.54) is 16.7 Å². The van der Waals surface area contributed by atoms with Gasteiger partial charge in [0.15, 0.2) is 0 Å². The molecule has 0 heterocycles. The predicted octanol–water partition coefficient (Wildman–Crippen LogP) is 5.41. The highest BCUT2D eigenvalue weighted by Crippen LogP contribution is 2.09. The molecule has 20 heavy (non-hydrogen) atoms. The SMILES string of the molecule is CC.CCc1ccc(C)cc1.CCc1ccccc1N. The molecule has 110 valence electrons. The molecule has 0 unspecified atom stereocenters. The van der Waals surface area contributed by atoms with Crippen molar-refractivity contribution in [3.63, 3.8) is 0 Å². The first-order valence-electron chi connectivity index (χ1n) is 7.56. The van der Waals surface area contributed by atoms with E-state index in [4.69, 9.17) is 5.73 Å². The molecule has 0 saturated carbocycles. The van der Waals surface area contributed by atoms with Gasteiger partial charge in [0.05, 0.1) is 0 Å². The molecule has 2 N–H and O–H groups in total. The van der Waals surface area contributed by atoms with Gasteiger partial charge in [0, 0.05) is 5.69 Å². The largest absolute Gasteiger partial charge is 0.399 e. The summed E-state index contributed by atoms with van der Waals surface area (Å²) in [5.74, 6) is 0. The molecule has 2 aromatic carbocycles. The molecular formula is C19H29N. The zero-order valence-corrected chi connectivity index (χ0v) is 13.6. The van der Waals surface area contributed by atoms with E-state index in [0.717, 1.165) is 18.5 Å². The molecule has 0 spiro atoms. The van der Waals surface area contributed by atoms with Crippen molar-refractivity contribution >= 4 is 5.69 Å². The molecule has 0 aromatic heterocycles. The summed E-state index contributed by atoms with van der Waals surface area (Å²) in [6, 6.07) is 16.6. The molecule has 0 saturated heterocycles. The van der Waals surface area contributed by atoms with Gasteiger partial charge in [0.25, 0.3) is 0 Å². The van der Waals surface area contributed by atoms with Gasteiger partial charge in [0.2, 0.25) is 0 Å². The molecule has 0 aliphatic heterocycles. The lowest BCUT2D eigenvalue weighted by Crippen LogP contribution is -1.90. The van der Waals surface area contributed by atoms with Crippen molar-refractivity contribution in [1.29, 1.82) is 0 Å². The maximum absolute atomic E-state index is 5.63. The van der Waals surface area contributed by atoms with Crippen molar-refractivity contribution in [2.75, 3.05) is 5.73 Å². The van der Waals surface area contributed by atoms with Crippen LogP contribution in [-0.4, -0.2) is 0 Å². The van der Waals surface area contributed by atoms with Crippen LogP contribution in [0.5, 0.6) is 0 Å². The van der Waals surface area contributed by atoms with Crippen molar-refractivity contribution < 1.29 is 0 Å². The van der Waals surface area contributed by atoms with Crippen LogP contribution >= 0.6 is 0 Å². The van der Waals surface area contributed by atoms with Crippen LogP contribution in [0.1, 0.15) is 44.4 Å². The van der Waals surface area contributed by atoms with Gasteiger partial charge in [-0.1, -0.05) is 75.7 Å². The first kappa shape index (κ1) is 18.2. The van der Waals surface area contributed by atoms with Crippen LogP contribution in [0, 0.1) is 6.92 Å². The third-order valence-corrected chi connectivity index (χ3v) is 2.96. The fourth-order valence-corrected chi connectivity index (χ4v) is 1.68. The summed E-state index contributed by atoms with van der Waals surface area (Å²) in [6.07, 6.45) is 2.16. The summed E-state index contributed by atoms with van der Waals surface area (Å²) in [5, 5.41) is 0. The van der Waals surface area contributed by atoms with E-state index in [1.807, 2.05) is 32.0 Å². The number of para-hydroxylation sites is 1. The first-order valence-corrected chi connectivity index (χ1v) is 7.56. The molecule has 0 fully saturated rings. The number of nitrogens with two attached hydrogens (primary N) is 1. The quantitative estimate of drug-likeness (QED) is 0.726. The Hall–Kier alpha value is -1.76. The highest BCUT2D eigenvalue weighted by molar-refractivity contribution is 5.46. The van der Waals surface area contributed by atoms with Crippen molar-refractivity contribution in [2.24, 2.45) is 0 Å². The maximum atomic E-state index is 5.63. The molecule has 0 aliphatic carbocycles. The van der Waals surface area contributed by atoms with Crippen LogP contribution in [0.2, 0.25) is 0 Å². The van der Waals surface area contributed by atoms with Gasteiger partial charge in [-0.15, -0.1) is 0 Å². The molecule has 0 radical (unpaired) electrons. The lowest BCUT2D eigenvalue weighted by atomic mass is 10.1. The molecule has 2 rings (SSSR count). The summed E-state index contributed by atoms with van der Waals surface area (Å²) in [6.45, 7) is 10.4. The van der Waals surface area contributed by atoms with Crippen molar-refractivity contribution in [1.82, 2.24) is 0 Å². The van der Waals surface area contributed by atoms with E-state index >= 15 is 0 Å². The summed E-state index contributed by atoms with van der Waals surface area (Å²) in [5.41, 5.74) is 10.5. The van der Waals surface area contributed by atoms with Crippen LogP contribution in [0.15, 0.2) is 48.5 Å². The van der Waals surface area contributed by atoms with Gasteiger partial charge < -0.3 is 5.73 Å². The second kappa shape index (κ2) is 11.1. The van der Waals surface area contributed by atoms with Crippen LogP contribution in [0.25, 0.3) is 0 Å². The Morgan fingerprint density at radius 2 is 1.35 bits per heavy atom. The lowest BCUT2D eigenvalue weighted by molar-refractivity contribution is 1.14. The number of rotatable bonds is 2. The standard InChI is InChI=1S/C9H12.C8H11N.C2H6/c1-3-9-6-4-8(2)5-7-9;1-2-7-5-3-4-6-8(7)9;1-2/h4-7H,3H2,1-2H3;3-6H,2,9H2,1H3;1-2H3. The molecule has 1 heteroatoms. The lowest BCUT2D eigenvalue weighted by Gasteiger charge is -1.98. The number of benzene rings is 2. The molecule has 1 nitrogen and oxygen atoms in total. The average Bonchev–Trinajstić information content (AvgIpc) is 2.51. The Kier molecular flexibility index (Phi) is 10.1. The monoisotopic (exact) mass is 271 g/mol. The van der Waals surface area contributed by atoms with Crippen LogP contribution in [0.3, 0.4) is 0 Å². The van der Waals surface area contributed by atoms with Crippen LogP contribution < -0.4 is 5.73 Å². The fourth-order valence-electron chi connectivity index (χ4n) is 1.68. The smallest absolute Gasteiger partial charge is 0.0346 e. The van der Waals surface area contributed by atoms with Gasteiger partial charge in [-0.3, -0.25) is 0 Å². The van der Waals surface area contributed by atoms with E-state index < -0.39 is 0 Å². The Morgan fingerprint density at radius 1 is 0.800 bits per heavy atom. The average molecular weight is 271 g/mol. The van der Waals surface area contributed by atoms with Crippen molar-refractivity contribution in [3.05, 3.63) is 65.2 Å². The minimum atomic E-state index is 0.903. The van der Waals surface area contributed by atoms with E-state index in [9.17, 15) is 0 Å². The Bertz CT molecular complexity index is 457. The second-order valence-electron chi connectivity index (χ2n) is 4.39. The Balaban J connectivity index is 0.000000321. The third kappa shape index (κ3) is 6.98. The zero-order valence-electron chi connectivity index (χ0n) is 13.6. The Morgan fingerprint density at radius 3 is 1.75 bits per heavy atom. The topological polar surface area (TPSA) is 26.0 Å². The summed E-state index contributed by atoms with van der Waals surface area (Å²) in [4.78, 5) is 0. The van der Waals surface area contributed by atoms with Crippen LogP contribution in [0.4, 0.5) is 5.69 Å². The van der Waals surface area contributed by atoms with Gasteiger partial charge in [-0.25, -0.2) is 0 Å². The van der Waals surface area contributed by atoms with Gasteiger partial charge in [0.1, 0.15) is 0 Å². The van der Waals surface area contributed by atoms with Crippen LogP contribution in [-0.2, 0) is 12.8 Å². The van der Waals surface area contributed by atoms with Gasteiger partial charge in [-0.05, 0) is 37.0 Å². The minimum Gasteiger partial charge on any atom is -0.399 e. The minimum absolute atomic E-state index is 0.903. The molecular weight excluding hydrogens is 242 g/mol. The predicted molar refractivity (Wildman–Crippen MR) is 92.1 cm³/mol. The summed E-state index contributed by atoms with van der Waals surface area (Å²) in [7, 11) is 0. The highest BCUT2D eigenvalue weighted by Gasteiger charge is 1.90. The van der Waals surface area contributed by atoms with Crippen molar-refractivity contribution in [2.45, 2.75) is 47.5 Å². The van der Waals surface area contributed by atoms with Gasteiger partial charge >= 0.3 is 0 Å². The fraction of sp³-hybridized carbons (Fsp3) is 0.368. The van der Waals surface area contributed by atoms with Crippen molar-refractivity contribution in [3.8, 4) is 0 Å². The van der Waals surface area contributed by atoms with E-state index in [0.29, 0.717) is 0 Å². The number of aryl methyl sites for hydroxylation is 3. The third-order valence-electron chi connectivity index (χ3n) is 2.96. The molecule has 0 aliphatic rings.